The van der Waals surface area contributed by atoms with Crippen LogP contribution >= 0.6 is 0 Å². The van der Waals surface area contributed by atoms with Gasteiger partial charge in [0, 0.05) is 6.54 Å². The number of nitrogens with zero attached hydrogens (tertiary/aromatic N) is 1. The zero-order valence-corrected chi connectivity index (χ0v) is 10.5. The molecule has 1 aliphatic rings. The molecule has 0 bridgehead atoms. The van der Waals surface area contributed by atoms with Gasteiger partial charge in [-0.3, -0.25) is 4.79 Å². The minimum Gasteiger partial charge on any atom is -0.375 e. The van der Waals surface area contributed by atoms with E-state index >= 15 is 0 Å². The Hall–Kier alpha value is -2.02. The topological polar surface area (TPSA) is 64.9 Å². The van der Waals surface area contributed by atoms with Gasteiger partial charge in [-0.05, 0) is 37.3 Å². The summed E-state index contributed by atoms with van der Waals surface area (Å²) in [5.41, 5.74) is 2.24. The van der Waals surface area contributed by atoms with E-state index in [1.165, 1.54) is 12.8 Å². The fourth-order valence-electron chi connectivity index (χ4n) is 1.78. The van der Waals surface area contributed by atoms with Crippen LogP contribution in [0.5, 0.6) is 0 Å². The van der Waals surface area contributed by atoms with Crippen molar-refractivity contribution < 1.29 is 4.79 Å². The number of amides is 1. The number of carbonyl (C=O) groups excluding carboxylic acids is 1. The van der Waals surface area contributed by atoms with Crippen molar-refractivity contribution >= 4 is 11.6 Å². The average molecular weight is 243 g/mol. The van der Waals surface area contributed by atoms with E-state index < -0.39 is 0 Å². The molecule has 1 aliphatic carbocycles. The van der Waals surface area contributed by atoms with Crippen molar-refractivity contribution in [3.8, 4) is 6.07 Å². The van der Waals surface area contributed by atoms with E-state index in [4.69, 9.17) is 5.26 Å². The summed E-state index contributed by atoms with van der Waals surface area (Å²) in [6.45, 7) is 2.88. The van der Waals surface area contributed by atoms with Crippen LogP contribution in [0.2, 0.25) is 0 Å². The standard InChI is InChI=1S/C14H17N3O/c1-10-3-2-4-13(12(10)7-15)16-9-14(18)17-8-11-5-6-11/h2-4,11,16H,5-6,8-9H2,1H3,(H,17,18). The number of hydrogen-bond acceptors (Lipinski definition) is 3. The van der Waals surface area contributed by atoms with Crippen molar-refractivity contribution in [1.82, 2.24) is 5.32 Å². The van der Waals surface area contributed by atoms with Crippen molar-refractivity contribution in [2.45, 2.75) is 19.8 Å². The van der Waals surface area contributed by atoms with Crippen LogP contribution in [0.15, 0.2) is 18.2 Å². The Morgan fingerprint density at radius 1 is 1.50 bits per heavy atom. The lowest BCUT2D eigenvalue weighted by Crippen LogP contribution is -2.31. The number of carbonyl (C=O) groups is 1. The average Bonchev–Trinajstić information content (AvgIpc) is 3.18. The summed E-state index contributed by atoms with van der Waals surface area (Å²) in [4.78, 5) is 11.6. The van der Waals surface area contributed by atoms with Crippen LogP contribution in [0, 0.1) is 24.2 Å². The number of hydrogen-bond donors (Lipinski definition) is 2. The zero-order chi connectivity index (χ0) is 13.0. The maximum Gasteiger partial charge on any atom is 0.239 e. The molecule has 1 aromatic carbocycles. The van der Waals surface area contributed by atoms with Gasteiger partial charge in [-0.15, -0.1) is 0 Å². The first-order valence-corrected chi connectivity index (χ1v) is 6.21. The van der Waals surface area contributed by atoms with E-state index in [9.17, 15) is 4.79 Å². The van der Waals surface area contributed by atoms with Gasteiger partial charge >= 0.3 is 0 Å². The number of aryl methyl sites for hydroxylation is 1. The molecule has 0 atom stereocenters. The third-order valence-corrected chi connectivity index (χ3v) is 3.11. The van der Waals surface area contributed by atoms with E-state index in [0.717, 1.165) is 17.8 Å². The molecule has 0 radical (unpaired) electrons. The maximum absolute atomic E-state index is 11.6. The molecule has 2 rings (SSSR count). The number of benzene rings is 1. The minimum atomic E-state index is -0.0210. The fourth-order valence-corrected chi connectivity index (χ4v) is 1.78. The maximum atomic E-state index is 11.6. The Morgan fingerprint density at radius 2 is 2.28 bits per heavy atom. The Morgan fingerprint density at radius 3 is 2.94 bits per heavy atom. The summed E-state index contributed by atoms with van der Waals surface area (Å²) in [6, 6.07) is 7.73. The lowest BCUT2D eigenvalue weighted by Gasteiger charge is -2.10. The molecule has 1 amide bonds. The molecule has 0 spiro atoms. The molecule has 4 heteroatoms. The van der Waals surface area contributed by atoms with Gasteiger partial charge in [-0.1, -0.05) is 12.1 Å². The van der Waals surface area contributed by atoms with Gasteiger partial charge in [-0.25, -0.2) is 0 Å². The lowest BCUT2D eigenvalue weighted by molar-refractivity contribution is -0.119. The zero-order valence-electron chi connectivity index (χ0n) is 10.5. The summed E-state index contributed by atoms with van der Waals surface area (Å²) in [5.74, 6) is 0.662. The molecule has 1 aromatic rings. The van der Waals surface area contributed by atoms with Crippen molar-refractivity contribution in [3.63, 3.8) is 0 Å². The van der Waals surface area contributed by atoms with Crippen LogP contribution in [-0.2, 0) is 4.79 Å². The van der Waals surface area contributed by atoms with E-state index in [1.807, 2.05) is 25.1 Å². The summed E-state index contributed by atoms with van der Waals surface area (Å²) in [6.07, 6.45) is 2.45. The van der Waals surface area contributed by atoms with Crippen molar-refractivity contribution in [3.05, 3.63) is 29.3 Å². The van der Waals surface area contributed by atoms with Gasteiger partial charge in [0.2, 0.25) is 5.91 Å². The molecule has 18 heavy (non-hydrogen) atoms. The fraction of sp³-hybridized carbons (Fsp3) is 0.429. The van der Waals surface area contributed by atoms with Crippen molar-refractivity contribution in [1.29, 1.82) is 5.26 Å². The van der Waals surface area contributed by atoms with Crippen LogP contribution < -0.4 is 10.6 Å². The normalized spacial score (nSPS) is 13.8. The molecule has 0 aliphatic heterocycles. The van der Waals surface area contributed by atoms with Crippen LogP contribution in [0.1, 0.15) is 24.0 Å². The van der Waals surface area contributed by atoms with Gasteiger partial charge in [0.1, 0.15) is 6.07 Å². The molecular weight excluding hydrogens is 226 g/mol. The molecule has 0 aromatic heterocycles. The predicted molar refractivity (Wildman–Crippen MR) is 70.1 cm³/mol. The second-order valence-electron chi connectivity index (χ2n) is 4.71. The molecular formula is C14H17N3O. The first-order chi connectivity index (χ1) is 8.70. The Balaban J connectivity index is 1.87. The first-order valence-electron chi connectivity index (χ1n) is 6.21. The molecule has 0 heterocycles. The highest BCUT2D eigenvalue weighted by atomic mass is 16.1. The predicted octanol–water partition coefficient (Wildman–Crippen LogP) is 1.80. The van der Waals surface area contributed by atoms with Gasteiger partial charge in [0.25, 0.3) is 0 Å². The molecule has 94 valence electrons. The number of nitriles is 1. The molecule has 4 nitrogen and oxygen atoms in total. The molecule has 0 saturated heterocycles. The highest BCUT2D eigenvalue weighted by molar-refractivity contribution is 5.81. The van der Waals surface area contributed by atoms with Gasteiger partial charge < -0.3 is 10.6 Å². The van der Waals surface area contributed by atoms with Crippen molar-refractivity contribution in [2.75, 3.05) is 18.4 Å². The van der Waals surface area contributed by atoms with Crippen LogP contribution in [0.4, 0.5) is 5.69 Å². The summed E-state index contributed by atoms with van der Waals surface area (Å²) in [7, 11) is 0. The van der Waals surface area contributed by atoms with Crippen LogP contribution in [-0.4, -0.2) is 19.0 Å². The monoisotopic (exact) mass is 243 g/mol. The minimum absolute atomic E-state index is 0.0210. The third kappa shape index (κ3) is 3.24. The molecule has 1 saturated carbocycles. The van der Waals surface area contributed by atoms with Crippen molar-refractivity contribution in [2.24, 2.45) is 5.92 Å². The lowest BCUT2D eigenvalue weighted by atomic mass is 10.1. The van der Waals surface area contributed by atoms with E-state index in [-0.39, 0.29) is 12.5 Å². The molecule has 1 fully saturated rings. The summed E-state index contributed by atoms with van der Waals surface area (Å²) < 4.78 is 0. The van der Waals surface area contributed by atoms with E-state index in [1.54, 1.807) is 0 Å². The second-order valence-corrected chi connectivity index (χ2v) is 4.71. The SMILES string of the molecule is Cc1cccc(NCC(=O)NCC2CC2)c1C#N. The quantitative estimate of drug-likeness (QED) is 0.828. The third-order valence-electron chi connectivity index (χ3n) is 3.11. The first kappa shape index (κ1) is 12.4. The Kier molecular flexibility index (Phi) is 3.83. The number of rotatable bonds is 5. The number of anilines is 1. The highest BCUT2D eigenvalue weighted by Crippen LogP contribution is 2.27. The van der Waals surface area contributed by atoms with Gasteiger partial charge in [0.15, 0.2) is 0 Å². The Bertz CT molecular complexity index is 486. The summed E-state index contributed by atoms with van der Waals surface area (Å²) >= 11 is 0. The van der Waals surface area contributed by atoms with E-state index in [2.05, 4.69) is 16.7 Å². The molecule has 2 N–H and O–H groups in total. The smallest absolute Gasteiger partial charge is 0.239 e. The largest absolute Gasteiger partial charge is 0.375 e. The van der Waals surface area contributed by atoms with Crippen LogP contribution in [0.25, 0.3) is 0 Å². The summed E-state index contributed by atoms with van der Waals surface area (Å²) in [5, 5.41) is 15.0. The molecule has 0 unspecified atom stereocenters. The second kappa shape index (κ2) is 5.54. The van der Waals surface area contributed by atoms with Crippen LogP contribution in [0.3, 0.4) is 0 Å². The van der Waals surface area contributed by atoms with E-state index in [0.29, 0.717) is 11.5 Å². The Labute approximate surface area is 107 Å². The van der Waals surface area contributed by atoms with Gasteiger partial charge in [-0.2, -0.15) is 5.26 Å². The van der Waals surface area contributed by atoms with Gasteiger partial charge in [0.05, 0.1) is 17.8 Å². The number of nitrogens with one attached hydrogen (secondary N) is 2. The highest BCUT2D eigenvalue weighted by Gasteiger charge is 2.21.